The van der Waals surface area contributed by atoms with Gasteiger partial charge in [-0.1, -0.05) is 36.2 Å². The third kappa shape index (κ3) is 3.61. The van der Waals surface area contributed by atoms with Gasteiger partial charge in [0.25, 0.3) is 0 Å². The second kappa shape index (κ2) is 7.23. The van der Waals surface area contributed by atoms with Crippen LogP contribution in [0.3, 0.4) is 0 Å². The van der Waals surface area contributed by atoms with Gasteiger partial charge < -0.3 is 10.5 Å². The van der Waals surface area contributed by atoms with Gasteiger partial charge in [-0.15, -0.1) is 11.8 Å². The second-order valence-electron chi connectivity index (χ2n) is 4.05. The minimum atomic E-state index is 0.420. The quantitative estimate of drug-likeness (QED) is 0.751. The number of hydrogen-bond acceptors (Lipinski definition) is 3. The van der Waals surface area contributed by atoms with Crippen LogP contribution < -0.4 is 10.5 Å². The summed E-state index contributed by atoms with van der Waals surface area (Å²) < 4.78 is 5.89. The molecule has 0 heterocycles. The standard InChI is InChI=1S/C15H15Cl2NOS/c1-2-20-15-5-3-4-13(11(15)9-18)19-14-7-6-10(16)8-12(14)17/h3-8H,2,9,18H2,1H3. The number of rotatable bonds is 5. The molecule has 5 heteroatoms. The Labute approximate surface area is 133 Å². The lowest BCUT2D eigenvalue weighted by Gasteiger charge is -2.14. The van der Waals surface area contributed by atoms with Crippen molar-refractivity contribution in [3.05, 3.63) is 52.0 Å². The molecule has 0 aliphatic rings. The Bertz CT molecular complexity index is 604. The van der Waals surface area contributed by atoms with Crippen molar-refractivity contribution in [2.24, 2.45) is 5.73 Å². The highest BCUT2D eigenvalue weighted by Gasteiger charge is 2.11. The molecule has 20 heavy (non-hydrogen) atoms. The summed E-state index contributed by atoms with van der Waals surface area (Å²) in [5.74, 6) is 2.29. The van der Waals surface area contributed by atoms with Gasteiger partial charge in [-0.3, -0.25) is 0 Å². The third-order valence-electron chi connectivity index (χ3n) is 2.71. The van der Waals surface area contributed by atoms with E-state index in [0.717, 1.165) is 22.0 Å². The van der Waals surface area contributed by atoms with E-state index in [1.54, 1.807) is 30.0 Å². The topological polar surface area (TPSA) is 35.2 Å². The van der Waals surface area contributed by atoms with Gasteiger partial charge in [0.1, 0.15) is 11.5 Å². The third-order valence-corrected chi connectivity index (χ3v) is 4.22. The average molecular weight is 328 g/mol. The van der Waals surface area contributed by atoms with Gasteiger partial charge in [0, 0.05) is 22.0 Å². The van der Waals surface area contributed by atoms with Crippen molar-refractivity contribution in [1.29, 1.82) is 0 Å². The van der Waals surface area contributed by atoms with E-state index in [1.807, 2.05) is 18.2 Å². The Balaban J connectivity index is 2.35. The zero-order valence-corrected chi connectivity index (χ0v) is 13.4. The summed E-state index contributed by atoms with van der Waals surface area (Å²) in [5, 5.41) is 1.06. The second-order valence-corrected chi connectivity index (χ2v) is 6.20. The van der Waals surface area contributed by atoms with Crippen LogP contribution in [0.15, 0.2) is 41.3 Å². The molecular formula is C15H15Cl2NOS. The molecule has 0 saturated carbocycles. The molecule has 2 aromatic carbocycles. The van der Waals surface area contributed by atoms with Gasteiger partial charge in [-0.25, -0.2) is 0 Å². The average Bonchev–Trinajstić information content (AvgIpc) is 2.42. The maximum absolute atomic E-state index is 6.13. The highest BCUT2D eigenvalue weighted by atomic mass is 35.5. The van der Waals surface area contributed by atoms with Crippen LogP contribution in [0.4, 0.5) is 0 Å². The van der Waals surface area contributed by atoms with E-state index in [0.29, 0.717) is 22.3 Å². The summed E-state index contributed by atoms with van der Waals surface area (Å²) >= 11 is 13.8. The minimum absolute atomic E-state index is 0.420. The van der Waals surface area contributed by atoms with Crippen LogP contribution in [0.5, 0.6) is 11.5 Å². The van der Waals surface area contributed by atoms with Crippen LogP contribution >= 0.6 is 35.0 Å². The van der Waals surface area contributed by atoms with Crippen LogP contribution in [0, 0.1) is 0 Å². The molecule has 0 atom stereocenters. The first kappa shape index (κ1) is 15.5. The van der Waals surface area contributed by atoms with Crippen LogP contribution in [-0.2, 0) is 6.54 Å². The van der Waals surface area contributed by atoms with Crippen molar-refractivity contribution in [3.63, 3.8) is 0 Å². The highest BCUT2D eigenvalue weighted by Crippen LogP contribution is 2.36. The first-order valence-electron chi connectivity index (χ1n) is 6.23. The number of halogens is 2. The molecule has 0 spiro atoms. The molecule has 0 aliphatic heterocycles. The first-order chi connectivity index (χ1) is 9.65. The Kier molecular flexibility index (Phi) is 5.61. The molecule has 0 aromatic heterocycles. The molecule has 0 unspecified atom stereocenters. The maximum Gasteiger partial charge on any atom is 0.146 e. The predicted molar refractivity (Wildman–Crippen MR) is 87.3 cm³/mol. The van der Waals surface area contributed by atoms with Crippen molar-refractivity contribution in [3.8, 4) is 11.5 Å². The molecule has 0 saturated heterocycles. The van der Waals surface area contributed by atoms with E-state index < -0.39 is 0 Å². The fourth-order valence-corrected chi connectivity index (χ4v) is 3.10. The molecule has 0 radical (unpaired) electrons. The Hall–Kier alpha value is -0.870. The molecule has 0 fully saturated rings. The van der Waals surface area contributed by atoms with Gasteiger partial charge in [-0.05, 0) is 36.1 Å². The van der Waals surface area contributed by atoms with Gasteiger partial charge in [0.05, 0.1) is 5.02 Å². The minimum Gasteiger partial charge on any atom is -0.455 e. The summed E-state index contributed by atoms with van der Waals surface area (Å²) in [6.45, 7) is 2.53. The fraction of sp³-hybridized carbons (Fsp3) is 0.200. The lowest BCUT2D eigenvalue weighted by Crippen LogP contribution is -2.01. The largest absolute Gasteiger partial charge is 0.455 e. The van der Waals surface area contributed by atoms with E-state index in [4.69, 9.17) is 33.7 Å². The van der Waals surface area contributed by atoms with Crippen molar-refractivity contribution in [2.45, 2.75) is 18.4 Å². The van der Waals surface area contributed by atoms with Crippen LogP contribution in [0.1, 0.15) is 12.5 Å². The van der Waals surface area contributed by atoms with Crippen LogP contribution in [0.25, 0.3) is 0 Å². The van der Waals surface area contributed by atoms with Crippen molar-refractivity contribution < 1.29 is 4.74 Å². The van der Waals surface area contributed by atoms with Gasteiger partial charge in [0.15, 0.2) is 0 Å². The van der Waals surface area contributed by atoms with E-state index in [2.05, 4.69) is 6.92 Å². The maximum atomic E-state index is 6.13. The summed E-state index contributed by atoms with van der Waals surface area (Å²) in [6, 6.07) is 11.1. The summed E-state index contributed by atoms with van der Waals surface area (Å²) in [6.07, 6.45) is 0. The molecule has 2 N–H and O–H groups in total. The number of benzene rings is 2. The zero-order valence-electron chi connectivity index (χ0n) is 11.0. The molecule has 0 aliphatic carbocycles. The van der Waals surface area contributed by atoms with Crippen molar-refractivity contribution >= 4 is 35.0 Å². The van der Waals surface area contributed by atoms with E-state index in [-0.39, 0.29) is 0 Å². The molecule has 2 rings (SSSR count). The van der Waals surface area contributed by atoms with Gasteiger partial charge in [-0.2, -0.15) is 0 Å². The summed E-state index contributed by atoms with van der Waals surface area (Å²) in [5.41, 5.74) is 6.84. The number of nitrogens with two attached hydrogens (primary N) is 1. The molecular weight excluding hydrogens is 313 g/mol. The molecule has 0 bridgehead atoms. The SMILES string of the molecule is CCSc1cccc(Oc2ccc(Cl)cc2Cl)c1CN. The Morgan fingerprint density at radius 1 is 1.15 bits per heavy atom. The molecule has 2 nitrogen and oxygen atoms in total. The smallest absolute Gasteiger partial charge is 0.146 e. The number of ether oxygens (including phenoxy) is 1. The predicted octanol–water partition coefficient (Wildman–Crippen LogP) is 5.36. The fourth-order valence-electron chi connectivity index (χ4n) is 1.81. The number of hydrogen-bond donors (Lipinski definition) is 1. The van der Waals surface area contributed by atoms with E-state index in [1.165, 1.54) is 0 Å². The van der Waals surface area contributed by atoms with Crippen molar-refractivity contribution in [1.82, 2.24) is 0 Å². The number of thioether (sulfide) groups is 1. The Morgan fingerprint density at radius 3 is 2.60 bits per heavy atom. The normalized spacial score (nSPS) is 10.6. The lowest BCUT2D eigenvalue weighted by atomic mass is 10.2. The van der Waals surface area contributed by atoms with Crippen molar-refractivity contribution in [2.75, 3.05) is 5.75 Å². The van der Waals surface area contributed by atoms with Gasteiger partial charge in [0.2, 0.25) is 0 Å². The monoisotopic (exact) mass is 327 g/mol. The molecule has 0 amide bonds. The van der Waals surface area contributed by atoms with E-state index >= 15 is 0 Å². The summed E-state index contributed by atoms with van der Waals surface area (Å²) in [4.78, 5) is 1.14. The zero-order chi connectivity index (χ0) is 14.5. The van der Waals surface area contributed by atoms with E-state index in [9.17, 15) is 0 Å². The lowest BCUT2D eigenvalue weighted by molar-refractivity contribution is 0.474. The first-order valence-corrected chi connectivity index (χ1v) is 7.97. The van der Waals surface area contributed by atoms with Gasteiger partial charge >= 0.3 is 0 Å². The Morgan fingerprint density at radius 2 is 1.95 bits per heavy atom. The molecule has 2 aromatic rings. The van der Waals surface area contributed by atoms with Crippen LogP contribution in [-0.4, -0.2) is 5.75 Å². The highest BCUT2D eigenvalue weighted by molar-refractivity contribution is 7.99. The molecule has 106 valence electrons. The summed E-state index contributed by atoms with van der Waals surface area (Å²) in [7, 11) is 0. The van der Waals surface area contributed by atoms with Crippen LogP contribution in [0.2, 0.25) is 10.0 Å².